The van der Waals surface area contributed by atoms with Crippen molar-refractivity contribution >= 4 is 17.6 Å². The zero-order chi connectivity index (χ0) is 18.9. The Labute approximate surface area is 152 Å². The van der Waals surface area contributed by atoms with Crippen LogP contribution in [0.25, 0.3) is 0 Å². The van der Waals surface area contributed by atoms with Gasteiger partial charge in [-0.05, 0) is 36.2 Å². The van der Waals surface area contributed by atoms with Crippen LogP contribution in [0.2, 0.25) is 0 Å². The van der Waals surface area contributed by atoms with Gasteiger partial charge in [-0.25, -0.2) is 4.79 Å². The molecular formula is C20H23NO5. The molecule has 2 rings (SSSR count). The lowest BCUT2D eigenvalue weighted by Crippen LogP contribution is -2.14. The SMILES string of the molecule is CCCCC(=O)Oc1c(N)cccc1C(=O)OCc1ccc(OC)cc1. The van der Waals surface area contributed by atoms with Crippen LogP contribution in [0.1, 0.15) is 42.1 Å². The minimum atomic E-state index is -0.605. The van der Waals surface area contributed by atoms with Crippen molar-refractivity contribution in [3.05, 3.63) is 53.6 Å². The molecule has 2 aromatic rings. The number of carbonyl (C=O) groups excluding carboxylic acids is 2. The summed E-state index contributed by atoms with van der Waals surface area (Å²) < 4.78 is 15.7. The topological polar surface area (TPSA) is 87.9 Å². The molecule has 6 nitrogen and oxygen atoms in total. The molecule has 0 amide bonds. The number of benzene rings is 2. The smallest absolute Gasteiger partial charge is 0.342 e. The van der Waals surface area contributed by atoms with Gasteiger partial charge in [0.1, 0.15) is 17.9 Å². The Hall–Kier alpha value is -3.02. The van der Waals surface area contributed by atoms with E-state index >= 15 is 0 Å². The van der Waals surface area contributed by atoms with Gasteiger partial charge in [-0.3, -0.25) is 4.79 Å². The highest BCUT2D eigenvalue weighted by Crippen LogP contribution is 2.28. The molecule has 0 spiro atoms. The van der Waals surface area contributed by atoms with E-state index in [1.165, 1.54) is 6.07 Å². The first-order valence-electron chi connectivity index (χ1n) is 8.44. The zero-order valence-corrected chi connectivity index (χ0v) is 15.0. The Kier molecular flexibility index (Phi) is 7.02. The Balaban J connectivity index is 2.07. The fourth-order valence-corrected chi connectivity index (χ4v) is 2.26. The van der Waals surface area contributed by atoms with Gasteiger partial charge < -0.3 is 19.9 Å². The number of carbonyl (C=O) groups is 2. The Bertz CT molecular complexity index is 755. The zero-order valence-electron chi connectivity index (χ0n) is 15.0. The van der Waals surface area contributed by atoms with E-state index < -0.39 is 11.9 Å². The van der Waals surface area contributed by atoms with Crippen molar-refractivity contribution in [1.82, 2.24) is 0 Å². The average Bonchev–Trinajstić information content (AvgIpc) is 2.66. The minimum absolute atomic E-state index is 0.0494. The summed E-state index contributed by atoms with van der Waals surface area (Å²) in [7, 11) is 1.58. The van der Waals surface area contributed by atoms with E-state index in [-0.39, 0.29) is 30.0 Å². The summed E-state index contributed by atoms with van der Waals surface area (Å²) in [6.45, 7) is 2.06. The quantitative estimate of drug-likeness (QED) is 0.440. The number of rotatable bonds is 8. The first kappa shape index (κ1) is 19.3. The molecule has 0 aliphatic carbocycles. The first-order valence-corrected chi connectivity index (χ1v) is 8.44. The van der Waals surface area contributed by atoms with Crippen molar-refractivity contribution < 1.29 is 23.8 Å². The molecule has 0 saturated heterocycles. The molecular weight excluding hydrogens is 334 g/mol. The maximum Gasteiger partial charge on any atom is 0.342 e. The fraction of sp³-hybridized carbons (Fsp3) is 0.300. The molecule has 0 aliphatic heterocycles. The molecule has 0 aliphatic rings. The van der Waals surface area contributed by atoms with Gasteiger partial charge >= 0.3 is 11.9 Å². The molecule has 0 heterocycles. The van der Waals surface area contributed by atoms with Gasteiger partial charge in [0.2, 0.25) is 0 Å². The predicted octanol–water partition coefficient (Wildman–Crippen LogP) is 3.73. The van der Waals surface area contributed by atoms with Gasteiger partial charge in [-0.1, -0.05) is 31.5 Å². The standard InChI is InChI=1S/C20H23NO5/c1-3-4-8-18(22)26-19-16(6-5-7-17(19)21)20(23)25-13-14-9-11-15(24-2)12-10-14/h5-7,9-12H,3-4,8,13,21H2,1-2H3. The third kappa shape index (κ3) is 5.24. The number of nitrogen functional groups attached to an aromatic ring is 1. The summed E-state index contributed by atoms with van der Waals surface area (Å²) in [6, 6.07) is 11.9. The highest BCUT2D eigenvalue weighted by atomic mass is 16.5. The molecule has 0 aromatic heterocycles. The monoisotopic (exact) mass is 357 g/mol. The number of esters is 2. The molecule has 0 radical (unpaired) electrons. The van der Waals surface area contributed by atoms with Gasteiger partial charge in [0.25, 0.3) is 0 Å². The first-order chi connectivity index (χ1) is 12.5. The summed E-state index contributed by atoms with van der Waals surface area (Å²) >= 11 is 0. The molecule has 0 saturated carbocycles. The molecule has 2 aromatic carbocycles. The second-order valence-electron chi connectivity index (χ2n) is 5.73. The molecule has 0 unspecified atom stereocenters. The van der Waals surface area contributed by atoms with Crippen LogP contribution in [-0.4, -0.2) is 19.0 Å². The Morgan fingerprint density at radius 2 is 1.81 bits per heavy atom. The van der Waals surface area contributed by atoms with Gasteiger partial charge in [0.15, 0.2) is 5.75 Å². The van der Waals surface area contributed by atoms with Gasteiger partial charge in [0.05, 0.1) is 12.8 Å². The lowest BCUT2D eigenvalue weighted by Gasteiger charge is -2.12. The van der Waals surface area contributed by atoms with Crippen LogP contribution in [-0.2, 0) is 16.1 Å². The predicted molar refractivity (Wildman–Crippen MR) is 98.1 cm³/mol. The molecule has 0 bridgehead atoms. The highest BCUT2D eigenvalue weighted by molar-refractivity contribution is 5.95. The van der Waals surface area contributed by atoms with Crippen molar-refractivity contribution in [2.24, 2.45) is 0 Å². The third-order valence-corrected chi connectivity index (χ3v) is 3.74. The summed E-state index contributed by atoms with van der Waals surface area (Å²) in [4.78, 5) is 24.3. The maximum atomic E-state index is 12.4. The van der Waals surface area contributed by atoms with E-state index in [9.17, 15) is 9.59 Å². The Morgan fingerprint density at radius 1 is 1.08 bits per heavy atom. The minimum Gasteiger partial charge on any atom is -0.497 e. The normalized spacial score (nSPS) is 10.2. The van der Waals surface area contributed by atoms with Gasteiger partial charge in [-0.15, -0.1) is 0 Å². The number of methoxy groups -OCH3 is 1. The van der Waals surface area contributed by atoms with Crippen LogP contribution in [0.4, 0.5) is 5.69 Å². The fourth-order valence-electron chi connectivity index (χ4n) is 2.26. The second-order valence-corrected chi connectivity index (χ2v) is 5.73. The third-order valence-electron chi connectivity index (χ3n) is 3.74. The molecule has 0 atom stereocenters. The van der Waals surface area contributed by atoms with E-state index in [0.29, 0.717) is 6.42 Å². The van der Waals surface area contributed by atoms with Crippen molar-refractivity contribution in [3.63, 3.8) is 0 Å². The largest absolute Gasteiger partial charge is 0.497 e. The summed E-state index contributed by atoms with van der Waals surface area (Å²) in [5.74, 6) is -0.258. The maximum absolute atomic E-state index is 12.4. The van der Waals surface area contributed by atoms with E-state index in [0.717, 1.165) is 17.7 Å². The summed E-state index contributed by atoms with van der Waals surface area (Å²) in [5.41, 5.74) is 7.03. The van der Waals surface area contributed by atoms with Crippen LogP contribution in [0, 0.1) is 0 Å². The van der Waals surface area contributed by atoms with Crippen molar-refractivity contribution in [3.8, 4) is 11.5 Å². The number of hydrogen-bond donors (Lipinski definition) is 1. The number of anilines is 1. The van der Waals surface area contributed by atoms with Gasteiger partial charge in [-0.2, -0.15) is 0 Å². The second kappa shape index (κ2) is 9.46. The van der Waals surface area contributed by atoms with Crippen LogP contribution >= 0.6 is 0 Å². The number of nitrogens with two attached hydrogens (primary N) is 1. The van der Waals surface area contributed by atoms with Crippen LogP contribution in [0.15, 0.2) is 42.5 Å². The molecule has 6 heteroatoms. The van der Waals surface area contributed by atoms with Crippen LogP contribution in [0.3, 0.4) is 0 Å². The number of para-hydroxylation sites is 1. The van der Waals surface area contributed by atoms with Crippen molar-refractivity contribution in [2.45, 2.75) is 32.8 Å². The molecule has 0 fully saturated rings. The lowest BCUT2D eigenvalue weighted by molar-refractivity contribution is -0.134. The Morgan fingerprint density at radius 3 is 2.46 bits per heavy atom. The van der Waals surface area contributed by atoms with Crippen molar-refractivity contribution in [1.29, 1.82) is 0 Å². The van der Waals surface area contributed by atoms with Crippen LogP contribution < -0.4 is 15.2 Å². The molecule has 138 valence electrons. The molecule has 2 N–H and O–H groups in total. The number of ether oxygens (including phenoxy) is 3. The van der Waals surface area contributed by atoms with E-state index in [1.54, 1.807) is 43.5 Å². The summed E-state index contributed by atoms with van der Waals surface area (Å²) in [5, 5.41) is 0. The van der Waals surface area contributed by atoms with Crippen molar-refractivity contribution in [2.75, 3.05) is 12.8 Å². The highest BCUT2D eigenvalue weighted by Gasteiger charge is 2.19. The molecule has 26 heavy (non-hydrogen) atoms. The van der Waals surface area contributed by atoms with E-state index in [2.05, 4.69) is 0 Å². The van der Waals surface area contributed by atoms with Crippen LogP contribution in [0.5, 0.6) is 11.5 Å². The summed E-state index contributed by atoms with van der Waals surface area (Å²) in [6.07, 6.45) is 1.85. The van der Waals surface area contributed by atoms with Gasteiger partial charge in [0, 0.05) is 6.42 Å². The van der Waals surface area contributed by atoms with E-state index in [1.807, 2.05) is 6.92 Å². The number of hydrogen-bond acceptors (Lipinski definition) is 6. The lowest BCUT2D eigenvalue weighted by atomic mass is 10.1. The average molecular weight is 357 g/mol. The number of unbranched alkanes of at least 4 members (excludes halogenated alkanes) is 1. The van der Waals surface area contributed by atoms with E-state index in [4.69, 9.17) is 19.9 Å².